The Labute approximate surface area is 118 Å². The number of amides is 1. The molecular weight excluding hydrogens is 266 g/mol. The van der Waals surface area contributed by atoms with Crippen molar-refractivity contribution in [2.45, 2.75) is 33.1 Å². The molecule has 1 N–H and O–H groups in total. The summed E-state index contributed by atoms with van der Waals surface area (Å²) in [5, 5.41) is 9.26. The zero-order valence-corrected chi connectivity index (χ0v) is 12.3. The predicted octanol–water partition coefficient (Wildman–Crippen LogP) is 2.10. The fraction of sp³-hybridized carbons (Fsp3) is 0.615. The summed E-state index contributed by atoms with van der Waals surface area (Å²) in [5.41, 5.74) is 0.210. The fourth-order valence-corrected chi connectivity index (χ4v) is 1.84. The van der Waals surface area contributed by atoms with Gasteiger partial charge in [-0.05, 0) is 6.42 Å². The third-order valence-electron chi connectivity index (χ3n) is 2.63. The first-order valence-corrected chi connectivity index (χ1v) is 6.81. The van der Waals surface area contributed by atoms with Gasteiger partial charge in [0.1, 0.15) is 5.82 Å². The highest BCUT2D eigenvalue weighted by molar-refractivity contribution is 6.33. The third kappa shape index (κ3) is 4.14. The van der Waals surface area contributed by atoms with Gasteiger partial charge in [0.05, 0.1) is 17.8 Å². The molecule has 0 fully saturated rings. The van der Waals surface area contributed by atoms with E-state index >= 15 is 0 Å². The van der Waals surface area contributed by atoms with E-state index in [1.54, 1.807) is 4.90 Å². The van der Waals surface area contributed by atoms with Crippen LogP contribution in [0.3, 0.4) is 0 Å². The summed E-state index contributed by atoms with van der Waals surface area (Å²) < 4.78 is 0. The lowest BCUT2D eigenvalue weighted by atomic mass is 10.2. The Morgan fingerprint density at radius 3 is 2.68 bits per heavy atom. The molecule has 0 saturated heterocycles. The van der Waals surface area contributed by atoms with Crippen LogP contribution in [0.15, 0.2) is 6.20 Å². The average molecular weight is 286 g/mol. The van der Waals surface area contributed by atoms with E-state index < -0.39 is 0 Å². The highest BCUT2D eigenvalue weighted by atomic mass is 35.5. The predicted molar refractivity (Wildman–Crippen MR) is 74.4 cm³/mol. The second-order valence-electron chi connectivity index (χ2n) is 4.60. The molecule has 6 heteroatoms. The molecular formula is C13H20ClN3O2. The molecule has 1 amide bonds. The molecule has 1 rings (SSSR count). The molecule has 1 aromatic heterocycles. The van der Waals surface area contributed by atoms with Crippen LogP contribution < -0.4 is 0 Å². The van der Waals surface area contributed by atoms with E-state index in [1.807, 2.05) is 20.8 Å². The van der Waals surface area contributed by atoms with Crippen molar-refractivity contribution in [1.82, 2.24) is 14.9 Å². The van der Waals surface area contributed by atoms with Crippen molar-refractivity contribution < 1.29 is 9.90 Å². The van der Waals surface area contributed by atoms with Gasteiger partial charge in [-0.3, -0.25) is 4.79 Å². The van der Waals surface area contributed by atoms with Crippen molar-refractivity contribution >= 4 is 17.5 Å². The lowest BCUT2D eigenvalue weighted by Gasteiger charge is -2.21. The topological polar surface area (TPSA) is 66.3 Å². The first-order chi connectivity index (χ1) is 9.01. The molecule has 1 heterocycles. The van der Waals surface area contributed by atoms with E-state index in [2.05, 4.69) is 9.97 Å². The summed E-state index contributed by atoms with van der Waals surface area (Å²) >= 11 is 6.01. The number of aliphatic hydroxyl groups excluding tert-OH is 1. The molecule has 0 radical (unpaired) electrons. The number of carbonyl (C=O) groups is 1. The zero-order chi connectivity index (χ0) is 14.4. The summed E-state index contributed by atoms with van der Waals surface area (Å²) in [5.74, 6) is 0.458. The van der Waals surface area contributed by atoms with Gasteiger partial charge in [-0.1, -0.05) is 32.4 Å². The van der Waals surface area contributed by atoms with Crippen LogP contribution in [-0.2, 0) is 0 Å². The smallest absolute Gasteiger partial charge is 0.274 e. The van der Waals surface area contributed by atoms with E-state index in [-0.39, 0.29) is 35.7 Å². The van der Waals surface area contributed by atoms with Crippen molar-refractivity contribution in [2.24, 2.45) is 0 Å². The monoisotopic (exact) mass is 285 g/mol. The van der Waals surface area contributed by atoms with Gasteiger partial charge < -0.3 is 10.0 Å². The second kappa shape index (κ2) is 7.40. The van der Waals surface area contributed by atoms with Crippen LogP contribution in [-0.4, -0.2) is 45.6 Å². The molecule has 0 aromatic carbocycles. The minimum atomic E-state index is -0.259. The summed E-state index contributed by atoms with van der Waals surface area (Å²) in [6.45, 7) is 6.65. The van der Waals surface area contributed by atoms with Gasteiger partial charge >= 0.3 is 0 Å². The van der Waals surface area contributed by atoms with Crippen molar-refractivity contribution in [1.29, 1.82) is 0 Å². The summed E-state index contributed by atoms with van der Waals surface area (Å²) in [6.07, 6.45) is 2.27. The lowest BCUT2D eigenvalue weighted by molar-refractivity contribution is 0.0715. The van der Waals surface area contributed by atoms with Gasteiger partial charge in [0.15, 0.2) is 5.69 Å². The normalized spacial score (nSPS) is 10.8. The zero-order valence-electron chi connectivity index (χ0n) is 11.6. The van der Waals surface area contributed by atoms with Gasteiger partial charge in [-0.25, -0.2) is 9.97 Å². The molecule has 0 aliphatic heterocycles. The van der Waals surface area contributed by atoms with Gasteiger partial charge in [0.25, 0.3) is 5.91 Å². The maximum atomic E-state index is 12.4. The number of carbonyl (C=O) groups excluding carboxylic acids is 1. The van der Waals surface area contributed by atoms with Crippen molar-refractivity contribution in [3.05, 3.63) is 22.7 Å². The largest absolute Gasteiger partial charge is 0.395 e. The van der Waals surface area contributed by atoms with Gasteiger partial charge in [-0.2, -0.15) is 0 Å². The molecule has 0 spiro atoms. The third-order valence-corrected chi connectivity index (χ3v) is 2.91. The highest BCUT2D eigenvalue weighted by Gasteiger charge is 2.20. The highest BCUT2D eigenvalue weighted by Crippen LogP contribution is 2.18. The van der Waals surface area contributed by atoms with Crippen LogP contribution in [0.4, 0.5) is 0 Å². The van der Waals surface area contributed by atoms with Crippen molar-refractivity contribution in [3.8, 4) is 0 Å². The quantitative estimate of drug-likeness (QED) is 0.869. The van der Waals surface area contributed by atoms with Crippen LogP contribution in [0.1, 0.15) is 49.4 Å². The number of hydrogen-bond acceptors (Lipinski definition) is 4. The Morgan fingerprint density at radius 1 is 1.47 bits per heavy atom. The Morgan fingerprint density at radius 2 is 2.16 bits per heavy atom. The maximum absolute atomic E-state index is 12.4. The molecule has 0 atom stereocenters. The summed E-state index contributed by atoms with van der Waals surface area (Å²) in [6, 6.07) is 0. The van der Waals surface area contributed by atoms with Crippen LogP contribution in [0.2, 0.25) is 5.02 Å². The molecule has 0 unspecified atom stereocenters. The average Bonchev–Trinajstić information content (AvgIpc) is 2.38. The Hall–Kier alpha value is -1.20. The molecule has 0 saturated carbocycles. The SMILES string of the molecule is CCCN(CCO)C(=O)c1nc(C(C)C)ncc1Cl. The minimum Gasteiger partial charge on any atom is -0.395 e. The number of nitrogens with zero attached hydrogens (tertiary/aromatic N) is 3. The van der Waals surface area contributed by atoms with E-state index in [0.29, 0.717) is 12.4 Å². The van der Waals surface area contributed by atoms with E-state index in [9.17, 15) is 4.79 Å². The molecule has 106 valence electrons. The van der Waals surface area contributed by atoms with Crippen LogP contribution in [0.25, 0.3) is 0 Å². The Bertz CT molecular complexity index is 432. The number of aromatic nitrogens is 2. The van der Waals surface area contributed by atoms with Crippen molar-refractivity contribution in [2.75, 3.05) is 19.7 Å². The number of hydrogen-bond donors (Lipinski definition) is 1. The standard InChI is InChI=1S/C13H20ClN3O2/c1-4-5-17(6-7-18)13(19)11-10(14)8-15-12(16-11)9(2)3/h8-9,18H,4-7H2,1-3H3. The molecule has 0 aliphatic rings. The second-order valence-corrected chi connectivity index (χ2v) is 5.00. The fourth-order valence-electron chi connectivity index (χ4n) is 1.66. The summed E-state index contributed by atoms with van der Waals surface area (Å²) in [4.78, 5) is 22.3. The molecule has 1 aromatic rings. The van der Waals surface area contributed by atoms with Gasteiger partial charge in [0, 0.05) is 19.0 Å². The van der Waals surface area contributed by atoms with Crippen LogP contribution in [0.5, 0.6) is 0 Å². The number of aliphatic hydroxyl groups is 1. The van der Waals surface area contributed by atoms with E-state index in [0.717, 1.165) is 6.42 Å². The first kappa shape index (κ1) is 15.9. The first-order valence-electron chi connectivity index (χ1n) is 6.43. The summed E-state index contributed by atoms with van der Waals surface area (Å²) in [7, 11) is 0. The molecule has 19 heavy (non-hydrogen) atoms. The minimum absolute atomic E-state index is 0.0779. The Kier molecular flexibility index (Phi) is 6.18. The van der Waals surface area contributed by atoms with Gasteiger partial charge in [-0.15, -0.1) is 0 Å². The number of halogens is 1. The van der Waals surface area contributed by atoms with Crippen LogP contribution in [0, 0.1) is 0 Å². The maximum Gasteiger partial charge on any atom is 0.274 e. The van der Waals surface area contributed by atoms with E-state index in [1.165, 1.54) is 6.20 Å². The molecule has 0 bridgehead atoms. The molecule has 0 aliphatic carbocycles. The molecule has 5 nitrogen and oxygen atoms in total. The Balaban J connectivity index is 3.05. The lowest BCUT2D eigenvalue weighted by Crippen LogP contribution is -2.35. The van der Waals surface area contributed by atoms with Gasteiger partial charge in [0.2, 0.25) is 0 Å². The van der Waals surface area contributed by atoms with Crippen molar-refractivity contribution in [3.63, 3.8) is 0 Å². The number of rotatable bonds is 6. The van der Waals surface area contributed by atoms with E-state index in [4.69, 9.17) is 16.7 Å². The van der Waals surface area contributed by atoms with Crippen LogP contribution >= 0.6 is 11.6 Å².